The number of unbranched alkanes of at least 4 members (excludes halogenated alkanes) is 29. The van der Waals surface area contributed by atoms with Crippen molar-refractivity contribution in [3.8, 4) is 0 Å². The van der Waals surface area contributed by atoms with Gasteiger partial charge in [-0.05, 0) is 116 Å². The first-order valence-electron chi connectivity index (χ1n) is 39.5. The number of phosphoric ester groups is 2. The molecule has 16 nitrogen and oxygen atoms in total. The first-order valence-corrected chi connectivity index (χ1v) is 42.5. The van der Waals surface area contributed by atoms with E-state index in [1.807, 2.05) is 0 Å². The number of aliphatic hydroxyl groups is 2. The molecule has 0 fully saturated rings. The van der Waals surface area contributed by atoms with E-state index in [0.717, 1.165) is 161 Å². The van der Waals surface area contributed by atoms with Gasteiger partial charge in [-0.3, -0.25) is 32.5 Å². The van der Waals surface area contributed by atoms with Gasteiger partial charge in [-0.1, -0.05) is 315 Å². The predicted octanol–water partition coefficient (Wildman–Crippen LogP) is 23.1. The second-order valence-electron chi connectivity index (χ2n) is 26.1. The van der Waals surface area contributed by atoms with Crippen LogP contribution in [0.3, 0.4) is 0 Å². The Morgan fingerprint density at radius 2 is 0.525 bits per heavy atom. The Balaban J connectivity index is 4.55. The molecule has 0 spiro atoms. The van der Waals surface area contributed by atoms with Crippen LogP contribution in [0.15, 0.2) is 134 Å². The molecular formula is C83H142O16P2. The van der Waals surface area contributed by atoms with Crippen LogP contribution in [0, 0.1) is 0 Å². The molecule has 5 unspecified atom stereocenters. The Hall–Kier alpha value is -4.31. The monoisotopic (exact) mass is 1460 g/mol. The third-order valence-corrected chi connectivity index (χ3v) is 18.3. The lowest BCUT2D eigenvalue weighted by molar-refractivity contribution is -0.161. The van der Waals surface area contributed by atoms with Gasteiger partial charge in [0.15, 0.2) is 6.10 Å². The van der Waals surface area contributed by atoms with E-state index in [4.69, 9.17) is 32.3 Å². The van der Waals surface area contributed by atoms with Crippen LogP contribution < -0.4 is 0 Å². The largest absolute Gasteiger partial charge is 0.472 e. The fourth-order valence-corrected chi connectivity index (χ4v) is 12.0. The van der Waals surface area contributed by atoms with Gasteiger partial charge < -0.3 is 34.2 Å². The second-order valence-corrected chi connectivity index (χ2v) is 29.0. The Kier molecular flexibility index (Phi) is 72.2. The third-order valence-electron chi connectivity index (χ3n) is 16.4. The SMILES string of the molecule is CC/C=C\C/C=C\C/C=C\C/C=C\C/C=C\C/C=C\CCCCCCCCC(=O)OCC(COP(=O)(O)OCC(O)COP(=O)(O)OCC(O)COC(=O)CCCCCCCCCCCCC/C=C\C/C=C\C/C=C\C/C=C\C/C=C\CC)OC(=O)CCCCCCCCCCCCCCC. The van der Waals surface area contributed by atoms with Crippen molar-refractivity contribution in [2.24, 2.45) is 0 Å². The van der Waals surface area contributed by atoms with Crippen molar-refractivity contribution in [1.82, 2.24) is 0 Å². The quantitative estimate of drug-likeness (QED) is 0.0146. The Morgan fingerprint density at radius 1 is 0.287 bits per heavy atom. The second kappa shape index (κ2) is 75.4. The van der Waals surface area contributed by atoms with Crippen molar-refractivity contribution in [2.75, 3.05) is 39.6 Å². The van der Waals surface area contributed by atoms with Crippen LogP contribution in [-0.2, 0) is 55.8 Å². The highest BCUT2D eigenvalue weighted by Crippen LogP contribution is 2.45. The molecule has 0 amide bonds. The smallest absolute Gasteiger partial charge is 0.463 e. The molecular weight excluding hydrogens is 1310 g/mol. The molecule has 18 heteroatoms. The van der Waals surface area contributed by atoms with Gasteiger partial charge in [0.1, 0.15) is 25.4 Å². The summed E-state index contributed by atoms with van der Waals surface area (Å²) in [6.07, 6.45) is 90.7. The van der Waals surface area contributed by atoms with Crippen LogP contribution in [0.2, 0.25) is 0 Å². The van der Waals surface area contributed by atoms with Crippen molar-refractivity contribution in [3.05, 3.63) is 134 Å². The van der Waals surface area contributed by atoms with E-state index in [2.05, 4.69) is 154 Å². The fraction of sp³-hybridized carbons (Fsp3) is 0.699. The van der Waals surface area contributed by atoms with Crippen molar-refractivity contribution in [1.29, 1.82) is 0 Å². The maximum Gasteiger partial charge on any atom is 0.472 e. The zero-order chi connectivity index (χ0) is 73.7. The number of carbonyl (C=O) groups is 3. The van der Waals surface area contributed by atoms with E-state index in [-0.39, 0.29) is 19.3 Å². The lowest BCUT2D eigenvalue weighted by atomic mass is 10.0. The topological polar surface area (TPSA) is 231 Å². The van der Waals surface area contributed by atoms with E-state index in [1.165, 1.54) is 96.3 Å². The average molecular weight is 1460 g/mol. The summed E-state index contributed by atoms with van der Waals surface area (Å²) in [5, 5.41) is 20.6. The lowest BCUT2D eigenvalue weighted by Gasteiger charge is -2.21. The fourth-order valence-electron chi connectivity index (χ4n) is 10.4. The molecule has 0 heterocycles. The Morgan fingerprint density at radius 3 is 0.832 bits per heavy atom. The highest BCUT2D eigenvalue weighted by Gasteiger charge is 2.29. The summed E-state index contributed by atoms with van der Waals surface area (Å²) in [4.78, 5) is 58.6. The van der Waals surface area contributed by atoms with Crippen molar-refractivity contribution < 1.29 is 75.8 Å². The molecule has 0 rings (SSSR count). The summed E-state index contributed by atoms with van der Waals surface area (Å²) in [7, 11) is -9.79. The van der Waals surface area contributed by atoms with Gasteiger partial charge in [-0.25, -0.2) is 9.13 Å². The van der Waals surface area contributed by atoms with Crippen LogP contribution in [0.25, 0.3) is 0 Å². The van der Waals surface area contributed by atoms with Crippen LogP contribution in [-0.4, -0.2) is 95.9 Å². The van der Waals surface area contributed by atoms with Crippen LogP contribution in [0.4, 0.5) is 0 Å². The van der Waals surface area contributed by atoms with E-state index in [1.54, 1.807) is 0 Å². The predicted molar refractivity (Wildman–Crippen MR) is 417 cm³/mol. The first kappa shape index (κ1) is 96.7. The zero-order valence-corrected chi connectivity index (χ0v) is 65.1. The normalized spacial score (nSPS) is 14.7. The van der Waals surface area contributed by atoms with Crippen molar-refractivity contribution >= 4 is 33.6 Å². The number of aliphatic hydroxyl groups excluding tert-OH is 2. The molecule has 0 aromatic heterocycles. The number of carbonyl (C=O) groups excluding carboxylic acids is 3. The first-order chi connectivity index (χ1) is 49.2. The molecule has 0 aliphatic rings. The van der Waals surface area contributed by atoms with Gasteiger partial charge in [-0.15, -0.1) is 0 Å². The highest BCUT2D eigenvalue weighted by molar-refractivity contribution is 7.47. The van der Waals surface area contributed by atoms with Gasteiger partial charge >= 0.3 is 33.6 Å². The maximum absolute atomic E-state index is 13.0. The van der Waals surface area contributed by atoms with Crippen molar-refractivity contribution in [2.45, 2.75) is 334 Å². The molecule has 0 aromatic rings. The summed E-state index contributed by atoms with van der Waals surface area (Å²) < 4.78 is 61.1. The molecule has 0 saturated carbocycles. The number of phosphoric acid groups is 2. The van der Waals surface area contributed by atoms with E-state index in [9.17, 15) is 43.5 Å². The Labute approximate surface area is 614 Å². The summed E-state index contributed by atoms with van der Waals surface area (Å²) in [6, 6.07) is 0. The minimum absolute atomic E-state index is 0.102. The molecule has 0 aliphatic heterocycles. The van der Waals surface area contributed by atoms with Gasteiger partial charge in [0.2, 0.25) is 0 Å². The van der Waals surface area contributed by atoms with Crippen LogP contribution in [0.5, 0.6) is 0 Å². The molecule has 0 bridgehead atoms. The van der Waals surface area contributed by atoms with Gasteiger partial charge in [0.25, 0.3) is 0 Å². The molecule has 101 heavy (non-hydrogen) atoms. The van der Waals surface area contributed by atoms with E-state index in [0.29, 0.717) is 19.3 Å². The Bertz CT molecular complexity index is 2370. The number of rotatable bonds is 74. The zero-order valence-electron chi connectivity index (χ0n) is 63.3. The van der Waals surface area contributed by atoms with E-state index < -0.39 is 91.5 Å². The third kappa shape index (κ3) is 76.6. The van der Waals surface area contributed by atoms with Crippen LogP contribution >= 0.6 is 15.6 Å². The number of hydrogen-bond donors (Lipinski definition) is 4. The standard InChI is InChI=1S/C83H142O16P2/c1-4-7-10-13-16-19-22-25-27-29-31-33-35-37-38-40-42-43-45-47-49-52-54-57-60-63-66-69-81(86)93-72-78(84)73-95-100(89,90)96-74-79(85)75-97-101(91,92)98-77-80(99-83(88)71-68-65-62-59-56-51-24-21-18-15-12-9-6-3)76-94-82(87)70-67-64-61-58-55-53-50-48-46-44-41-39-36-34-32-30-28-26-23-20-17-14-11-8-5-2/h7-8,10-11,16-17,19-20,25-28,31-34,37-39,41,46,48,78-80,84-85H,4-6,9,12-15,18,21-24,29-30,35-36,40,42-45,47,49-77H2,1-3H3,(H,89,90)(H,91,92)/b10-7-,11-8-,19-16-,20-17-,27-25-,28-26-,33-31-,34-32-,38-37-,41-39-,48-46-. The highest BCUT2D eigenvalue weighted by atomic mass is 31.2. The number of hydrogen-bond acceptors (Lipinski definition) is 14. The summed E-state index contributed by atoms with van der Waals surface area (Å²) in [6.45, 7) is 2.45. The molecule has 0 aromatic carbocycles. The molecule has 580 valence electrons. The van der Waals surface area contributed by atoms with Gasteiger partial charge in [-0.2, -0.15) is 0 Å². The molecule has 5 atom stereocenters. The number of ether oxygens (including phenoxy) is 3. The van der Waals surface area contributed by atoms with Gasteiger partial charge in [0, 0.05) is 19.3 Å². The van der Waals surface area contributed by atoms with Crippen molar-refractivity contribution in [3.63, 3.8) is 0 Å². The molecule has 0 radical (unpaired) electrons. The summed E-state index contributed by atoms with van der Waals surface area (Å²) in [5.41, 5.74) is 0. The maximum atomic E-state index is 13.0. The number of esters is 3. The van der Waals surface area contributed by atoms with E-state index >= 15 is 0 Å². The van der Waals surface area contributed by atoms with Crippen LogP contribution in [0.1, 0.15) is 316 Å². The molecule has 4 N–H and O–H groups in total. The van der Waals surface area contributed by atoms with Gasteiger partial charge in [0.05, 0.1) is 26.4 Å². The summed E-state index contributed by atoms with van der Waals surface area (Å²) >= 11 is 0. The molecule has 0 saturated heterocycles. The minimum atomic E-state index is -4.93. The average Bonchev–Trinajstić information content (AvgIpc) is 0.943. The summed E-state index contributed by atoms with van der Waals surface area (Å²) in [5.74, 6) is -1.59. The number of allylic oxidation sites excluding steroid dienone is 22. The lowest BCUT2D eigenvalue weighted by Crippen LogP contribution is -2.30. The molecule has 0 aliphatic carbocycles. The minimum Gasteiger partial charge on any atom is -0.463 e.